The number of sulfone groups is 1. The summed E-state index contributed by atoms with van der Waals surface area (Å²) in [6.07, 6.45) is 0.0911. The number of carbonyl (C=O) groups is 1. The van der Waals surface area contributed by atoms with Crippen molar-refractivity contribution in [3.8, 4) is 0 Å². The first-order valence-electron chi connectivity index (χ1n) is 9.92. The third kappa shape index (κ3) is 5.83. The monoisotopic (exact) mass is 499 g/mol. The van der Waals surface area contributed by atoms with Gasteiger partial charge in [0.25, 0.3) is 0 Å². The highest BCUT2D eigenvalue weighted by molar-refractivity contribution is 7.92. The third-order valence-electron chi connectivity index (χ3n) is 4.89. The molecular formula is C22H27ClFN3O3S2. The van der Waals surface area contributed by atoms with Crippen molar-refractivity contribution in [2.24, 2.45) is 0 Å². The van der Waals surface area contributed by atoms with Crippen LogP contribution in [0.2, 0.25) is 0 Å². The summed E-state index contributed by atoms with van der Waals surface area (Å²) in [6.45, 7) is 4.30. The minimum Gasteiger partial charge on any atom is -0.308 e. The van der Waals surface area contributed by atoms with E-state index in [2.05, 4.69) is 4.98 Å². The highest BCUT2D eigenvalue weighted by Crippen LogP contribution is 2.30. The van der Waals surface area contributed by atoms with Crippen LogP contribution >= 0.6 is 23.7 Å². The van der Waals surface area contributed by atoms with Crippen molar-refractivity contribution in [1.29, 1.82) is 0 Å². The lowest BCUT2D eigenvalue weighted by molar-refractivity contribution is -0.118. The van der Waals surface area contributed by atoms with Crippen molar-refractivity contribution in [2.75, 3.05) is 32.1 Å². The predicted octanol–water partition coefficient (Wildman–Crippen LogP) is 4.18. The lowest BCUT2D eigenvalue weighted by atomic mass is 10.1. The fourth-order valence-corrected chi connectivity index (χ4v) is 5.07. The molecule has 0 atom stereocenters. The number of aromatic nitrogens is 1. The maximum atomic E-state index is 14.1. The molecular weight excluding hydrogens is 473 g/mol. The normalized spacial score (nSPS) is 11.7. The zero-order valence-corrected chi connectivity index (χ0v) is 20.9. The topological polar surface area (TPSA) is 70.6 Å². The van der Waals surface area contributed by atoms with Gasteiger partial charge >= 0.3 is 0 Å². The molecule has 0 aliphatic rings. The average Bonchev–Trinajstić information content (AvgIpc) is 3.13. The second kappa shape index (κ2) is 10.7. The van der Waals surface area contributed by atoms with E-state index < -0.39 is 20.9 Å². The van der Waals surface area contributed by atoms with Gasteiger partial charge in [0.15, 0.2) is 15.0 Å². The second-order valence-electron chi connectivity index (χ2n) is 7.85. The largest absolute Gasteiger partial charge is 0.308 e. The molecule has 0 radical (unpaired) electrons. The number of para-hydroxylation sites is 1. The van der Waals surface area contributed by atoms with Crippen molar-refractivity contribution < 1.29 is 17.6 Å². The SMILES string of the molecule is CC(C)S(=O)(=O)c1ccc(CC(=O)N(CCN(C)C)c2nc3c(F)cccc3s2)cc1.Cl. The summed E-state index contributed by atoms with van der Waals surface area (Å²) in [5, 5.41) is -0.0631. The molecule has 0 unspecified atom stereocenters. The number of thiazole rings is 1. The first-order chi connectivity index (χ1) is 14.6. The highest BCUT2D eigenvalue weighted by Gasteiger charge is 2.22. The molecule has 0 aliphatic heterocycles. The Labute approximate surface area is 198 Å². The summed E-state index contributed by atoms with van der Waals surface area (Å²) in [5.74, 6) is -0.595. The Balaban J connectivity index is 0.00000363. The molecule has 2 aromatic carbocycles. The van der Waals surface area contributed by atoms with E-state index in [1.54, 1.807) is 43.0 Å². The Kier molecular flexibility index (Phi) is 8.75. The Morgan fingerprint density at radius 3 is 2.31 bits per heavy atom. The number of nitrogens with zero attached hydrogens (tertiary/aromatic N) is 3. The smallest absolute Gasteiger partial charge is 0.233 e. The van der Waals surface area contributed by atoms with Crippen LogP contribution in [0.5, 0.6) is 0 Å². The molecule has 3 aromatic rings. The molecule has 1 amide bonds. The van der Waals surface area contributed by atoms with E-state index in [1.807, 2.05) is 19.0 Å². The standard InChI is InChI=1S/C22H26FN3O3S2.ClH/c1-15(2)31(28,29)17-10-8-16(9-11-17)14-20(27)26(13-12-25(3)4)22-24-21-18(23)6-5-7-19(21)30-22;/h5-11,15H,12-14H2,1-4H3;1H. The van der Waals surface area contributed by atoms with Crippen LogP contribution in [0.15, 0.2) is 47.4 Å². The molecule has 3 rings (SSSR count). The third-order valence-corrected chi connectivity index (χ3v) is 8.10. The number of anilines is 1. The minimum atomic E-state index is -3.36. The van der Waals surface area contributed by atoms with Crippen LogP contribution in [0.3, 0.4) is 0 Å². The molecule has 0 saturated heterocycles. The van der Waals surface area contributed by atoms with Crippen molar-refractivity contribution in [3.63, 3.8) is 0 Å². The minimum absolute atomic E-state index is 0. The lowest BCUT2D eigenvalue weighted by Crippen LogP contribution is -2.37. The number of amides is 1. The highest BCUT2D eigenvalue weighted by atomic mass is 35.5. The fraction of sp³-hybridized carbons (Fsp3) is 0.364. The summed E-state index contributed by atoms with van der Waals surface area (Å²) in [4.78, 5) is 21.3. The predicted molar refractivity (Wildman–Crippen MR) is 130 cm³/mol. The van der Waals surface area contributed by atoms with Crippen LogP contribution in [-0.4, -0.2) is 56.6 Å². The molecule has 0 fully saturated rings. The van der Waals surface area contributed by atoms with Gasteiger partial charge in [-0.25, -0.2) is 17.8 Å². The van der Waals surface area contributed by atoms with Crippen LogP contribution in [0.4, 0.5) is 9.52 Å². The Morgan fingerprint density at radius 2 is 1.75 bits per heavy atom. The van der Waals surface area contributed by atoms with Crippen molar-refractivity contribution in [2.45, 2.75) is 30.4 Å². The quantitative estimate of drug-likeness (QED) is 0.465. The molecule has 6 nitrogen and oxygen atoms in total. The van der Waals surface area contributed by atoms with Gasteiger partial charge < -0.3 is 4.90 Å². The van der Waals surface area contributed by atoms with Crippen LogP contribution in [-0.2, 0) is 21.1 Å². The molecule has 32 heavy (non-hydrogen) atoms. The van der Waals surface area contributed by atoms with E-state index in [0.717, 1.165) is 0 Å². The number of rotatable bonds is 8. The van der Waals surface area contributed by atoms with Gasteiger partial charge in [0.1, 0.15) is 11.3 Å². The van der Waals surface area contributed by atoms with Crippen molar-refractivity contribution in [1.82, 2.24) is 9.88 Å². The van der Waals surface area contributed by atoms with Gasteiger partial charge in [-0.1, -0.05) is 29.5 Å². The number of halogens is 2. The number of benzene rings is 2. The van der Waals surface area contributed by atoms with Gasteiger partial charge in [0, 0.05) is 13.1 Å². The van der Waals surface area contributed by atoms with Gasteiger partial charge in [0.2, 0.25) is 5.91 Å². The first kappa shape index (κ1) is 26.2. The average molecular weight is 500 g/mol. The summed E-state index contributed by atoms with van der Waals surface area (Å²) in [7, 11) is 0.459. The summed E-state index contributed by atoms with van der Waals surface area (Å²) < 4.78 is 39.4. The van der Waals surface area contributed by atoms with Crippen LogP contribution in [0, 0.1) is 5.82 Å². The second-order valence-corrected chi connectivity index (χ2v) is 11.4. The number of fused-ring (bicyclic) bond motifs is 1. The van der Waals surface area contributed by atoms with Gasteiger partial charge in [0.05, 0.1) is 21.3 Å². The summed E-state index contributed by atoms with van der Waals surface area (Å²) in [5.41, 5.74) is 0.961. The molecule has 0 aliphatic carbocycles. The van der Waals surface area contributed by atoms with Crippen LogP contribution in [0.1, 0.15) is 19.4 Å². The van der Waals surface area contributed by atoms with Crippen LogP contribution in [0.25, 0.3) is 10.2 Å². The zero-order valence-electron chi connectivity index (χ0n) is 18.4. The van der Waals surface area contributed by atoms with E-state index in [4.69, 9.17) is 0 Å². The Hall–Kier alpha value is -2.07. The number of hydrogen-bond donors (Lipinski definition) is 0. The lowest BCUT2D eigenvalue weighted by Gasteiger charge is -2.22. The van der Waals surface area contributed by atoms with E-state index >= 15 is 0 Å². The molecule has 174 valence electrons. The van der Waals surface area contributed by atoms with Crippen LogP contribution < -0.4 is 4.90 Å². The number of carbonyl (C=O) groups excluding carboxylic acids is 1. The Morgan fingerprint density at radius 1 is 1.09 bits per heavy atom. The molecule has 0 saturated carbocycles. The summed E-state index contributed by atoms with van der Waals surface area (Å²) in [6, 6.07) is 11.2. The maximum absolute atomic E-state index is 14.1. The number of likely N-dealkylation sites (N-methyl/N-ethyl adjacent to an activating group) is 1. The van der Waals surface area contributed by atoms with E-state index in [1.165, 1.54) is 29.5 Å². The molecule has 0 bridgehead atoms. The molecule has 1 aromatic heterocycles. The summed E-state index contributed by atoms with van der Waals surface area (Å²) >= 11 is 1.28. The Bertz CT molecular complexity index is 1180. The van der Waals surface area contributed by atoms with Gasteiger partial charge in [-0.15, -0.1) is 12.4 Å². The molecule has 0 N–H and O–H groups in total. The van der Waals surface area contributed by atoms with Gasteiger partial charge in [-0.2, -0.15) is 0 Å². The van der Waals surface area contributed by atoms with Gasteiger partial charge in [-0.05, 0) is 57.8 Å². The van der Waals surface area contributed by atoms with Gasteiger partial charge in [-0.3, -0.25) is 9.69 Å². The molecule has 10 heteroatoms. The first-order valence-corrected chi connectivity index (χ1v) is 12.3. The maximum Gasteiger partial charge on any atom is 0.233 e. The van der Waals surface area contributed by atoms with E-state index in [0.29, 0.717) is 28.5 Å². The van der Waals surface area contributed by atoms with Crippen molar-refractivity contribution >= 4 is 54.8 Å². The fourth-order valence-electron chi connectivity index (χ4n) is 2.98. The van der Waals surface area contributed by atoms with E-state index in [9.17, 15) is 17.6 Å². The number of hydrogen-bond acceptors (Lipinski definition) is 6. The zero-order chi connectivity index (χ0) is 22.8. The van der Waals surface area contributed by atoms with E-state index in [-0.39, 0.29) is 35.1 Å². The molecule has 1 heterocycles. The van der Waals surface area contributed by atoms with Crippen molar-refractivity contribution in [3.05, 3.63) is 53.8 Å². The molecule has 0 spiro atoms.